The summed E-state index contributed by atoms with van der Waals surface area (Å²) in [6.07, 6.45) is 4.10. The van der Waals surface area contributed by atoms with Gasteiger partial charge in [0.05, 0.1) is 11.5 Å². The van der Waals surface area contributed by atoms with Gasteiger partial charge < -0.3 is 15.3 Å². The Kier molecular flexibility index (Phi) is 5.36. The Bertz CT molecular complexity index is 669. The fraction of sp³-hybridized carbons (Fsp3) is 0.526. The maximum atomic E-state index is 12.4. The summed E-state index contributed by atoms with van der Waals surface area (Å²) in [7, 11) is 0. The quantitative estimate of drug-likeness (QED) is 0.822. The van der Waals surface area contributed by atoms with Crippen LogP contribution in [0.15, 0.2) is 24.3 Å². The molecule has 1 heterocycles. The molecule has 1 saturated carbocycles. The number of carboxylic acid groups (broad SMARTS) is 1. The smallest absolute Gasteiger partial charge is 0.335 e. The molecule has 1 aromatic carbocycles. The average molecular weight is 344 g/mol. The van der Waals surface area contributed by atoms with Crippen LogP contribution < -0.4 is 5.32 Å². The lowest BCUT2D eigenvalue weighted by atomic mass is 9.96. The number of benzene rings is 1. The zero-order valence-electron chi connectivity index (χ0n) is 14.2. The van der Waals surface area contributed by atoms with Crippen molar-refractivity contribution in [2.45, 2.75) is 32.1 Å². The molecule has 2 aliphatic rings. The van der Waals surface area contributed by atoms with Gasteiger partial charge in [-0.25, -0.2) is 4.79 Å². The van der Waals surface area contributed by atoms with E-state index in [9.17, 15) is 19.5 Å². The van der Waals surface area contributed by atoms with Crippen molar-refractivity contribution in [3.8, 4) is 0 Å². The second-order valence-electron chi connectivity index (χ2n) is 6.90. The highest BCUT2D eigenvalue weighted by Crippen LogP contribution is 2.32. The lowest BCUT2D eigenvalue weighted by molar-refractivity contribution is -0.136. The Balaban J connectivity index is 1.49. The van der Waals surface area contributed by atoms with Gasteiger partial charge in [-0.15, -0.1) is 0 Å². The molecule has 1 atom stereocenters. The molecular formula is C19H24N2O4. The van der Waals surface area contributed by atoms with Crippen LogP contribution in [0, 0.1) is 11.8 Å². The van der Waals surface area contributed by atoms with Crippen LogP contribution in [0.25, 0.3) is 0 Å². The van der Waals surface area contributed by atoms with Crippen molar-refractivity contribution >= 4 is 17.8 Å². The van der Waals surface area contributed by atoms with E-state index < -0.39 is 5.97 Å². The lowest BCUT2D eigenvalue weighted by Gasteiger charge is -2.32. The maximum Gasteiger partial charge on any atom is 0.335 e. The fourth-order valence-corrected chi connectivity index (χ4v) is 3.39. The second-order valence-corrected chi connectivity index (χ2v) is 6.90. The maximum absolute atomic E-state index is 12.4. The zero-order valence-corrected chi connectivity index (χ0v) is 14.2. The number of nitrogens with zero attached hydrogens (tertiary/aromatic N) is 1. The predicted molar refractivity (Wildman–Crippen MR) is 92.1 cm³/mol. The number of likely N-dealkylation sites (tertiary alicyclic amines) is 1. The molecule has 0 bridgehead atoms. The molecule has 2 amide bonds. The normalized spacial score (nSPS) is 20.2. The molecule has 0 radical (unpaired) electrons. The molecule has 2 fully saturated rings. The molecular weight excluding hydrogens is 320 g/mol. The second kappa shape index (κ2) is 7.68. The number of carboxylic acids is 1. The van der Waals surface area contributed by atoms with Crippen LogP contribution >= 0.6 is 0 Å². The first-order chi connectivity index (χ1) is 12.1. The Labute approximate surface area is 147 Å². The Morgan fingerprint density at radius 2 is 1.88 bits per heavy atom. The molecule has 1 unspecified atom stereocenters. The third kappa shape index (κ3) is 4.38. The summed E-state index contributed by atoms with van der Waals surface area (Å²) in [5, 5.41) is 12.1. The van der Waals surface area contributed by atoms with E-state index in [-0.39, 0.29) is 29.2 Å². The highest BCUT2D eigenvalue weighted by Gasteiger charge is 2.36. The van der Waals surface area contributed by atoms with Gasteiger partial charge in [0, 0.05) is 25.6 Å². The first-order valence-electron chi connectivity index (χ1n) is 8.94. The van der Waals surface area contributed by atoms with E-state index in [2.05, 4.69) is 5.32 Å². The van der Waals surface area contributed by atoms with E-state index in [1.807, 2.05) is 4.90 Å². The summed E-state index contributed by atoms with van der Waals surface area (Å²) in [4.78, 5) is 37.6. The molecule has 6 heteroatoms. The van der Waals surface area contributed by atoms with Crippen molar-refractivity contribution in [1.29, 1.82) is 0 Å². The van der Waals surface area contributed by atoms with Gasteiger partial charge in [0.1, 0.15) is 0 Å². The van der Waals surface area contributed by atoms with Crippen LogP contribution in [0.4, 0.5) is 0 Å². The fourth-order valence-electron chi connectivity index (χ4n) is 3.39. The minimum atomic E-state index is -0.955. The first kappa shape index (κ1) is 17.5. The third-order valence-electron chi connectivity index (χ3n) is 4.97. The van der Waals surface area contributed by atoms with Gasteiger partial charge in [0.25, 0.3) is 0 Å². The standard InChI is InChI=1S/C19H24N2O4/c22-17(15-5-3-11-21(12-15)18(23)14-7-8-14)20-10-9-13-4-1-2-6-16(13)19(24)25/h1-2,4,6,14-15H,3,5,7-12H2,(H,20,22)(H,24,25). The first-order valence-corrected chi connectivity index (χ1v) is 8.94. The van der Waals surface area contributed by atoms with Crippen molar-refractivity contribution < 1.29 is 19.5 Å². The van der Waals surface area contributed by atoms with Crippen molar-refractivity contribution in [3.63, 3.8) is 0 Å². The van der Waals surface area contributed by atoms with Crippen LogP contribution in [-0.4, -0.2) is 47.4 Å². The summed E-state index contributed by atoms with van der Waals surface area (Å²) in [6.45, 7) is 1.66. The molecule has 1 aromatic rings. The number of piperidine rings is 1. The lowest BCUT2D eigenvalue weighted by Crippen LogP contribution is -2.46. The summed E-state index contributed by atoms with van der Waals surface area (Å²) in [5.41, 5.74) is 0.986. The number of amides is 2. The van der Waals surface area contributed by atoms with Gasteiger partial charge in [0.2, 0.25) is 11.8 Å². The third-order valence-corrected chi connectivity index (χ3v) is 4.97. The number of nitrogens with one attached hydrogen (secondary N) is 1. The average Bonchev–Trinajstić information content (AvgIpc) is 3.46. The van der Waals surface area contributed by atoms with Crippen LogP contribution in [0.2, 0.25) is 0 Å². The molecule has 25 heavy (non-hydrogen) atoms. The number of hydrogen-bond donors (Lipinski definition) is 2. The van der Waals surface area contributed by atoms with Gasteiger partial charge in [-0.1, -0.05) is 18.2 Å². The van der Waals surface area contributed by atoms with Crippen molar-refractivity contribution in [3.05, 3.63) is 35.4 Å². The SMILES string of the molecule is O=C(O)c1ccccc1CCNC(=O)C1CCCN(C(=O)C2CC2)C1. The van der Waals surface area contributed by atoms with E-state index in [4.69, 9.17) is 0 Å². The van der Waals surface area contributed by atoms with Crippen LogP contribution in [-0.2, 0) is 16.0 Å². The minimum Gasteiger partial charge on any atom is -0.478 e. The summed E-state index contributed by atoms with van der Waals surface area (Å²) < 4.78 is 0. The highest BCUT2D eigenvalue weighted by molar-refractivity contribution is 5.89. The predicted octanol–water partition coefficient (Wildman–Crippen LogP) is 1.69. The Morgan fingerprint density at radius 1 is 1.12 bits per heavy atom. The number of rotatable bonds is 6. The highest BCUT2D eigenvalue weighted by atomic mass is 16.4. The monoisotopic (exact) mass is 344 g/mol. The topological polar surface area (TPSA) is 86.7 Å². The van der Waals surface area contributed by atoms with E-state index in [1.54, 1.807) is 24.3 Å². The summed E-state index contributed by atoms with van der Waals surface area (Å²) >= 11 is 0. The van der Waals surface area contributed by atoms with Gasteiger partial charge in [-0.2, -0.15) is 0 Å². The van der Waals surface area contributed by atoms with Crippen LogP contribution in [0.1, 0.15) is 41.6 Å². The molecule has 0 spiro atoms. The number of hydrogen-bond acceptors (Lipinski definition) is 3. The van der Waals surface area contributed by atoms with Crippen molar-refractivity contribution in [1.82, 2.24) is 10.2 Å². The largest absolute Gasteiger partial charge is 0.478 e. The Hall–Kier alpha value is -2.37. The molecule has 6 nitrogen and oxygen atoms in total. The molecule has 1 aliphatic carbocycles. The number of carbonyl (C=O) groups is 3. The molecule has 134 valence electrons. The molecule has 1 saturated heterocycles. The van der Waals surface area contributed by atoms with Gasteiger partial charge >= 0.3 is 5.97 Å². The van der Waals surface area contributed by atoms with Gasteiger partial charge in [-0.3, -0.25) is 9.59 Å². The van der Waals surface area contributed by atoms with E-state index in [0.717, 1.165) is 32.2 Å². The number of aromatic carboxylic acids is 1. The van der Waals surface area contributed by atoms with E-state index in [0.29, 0.717) is 25.1 Å². The van der Waals surface area contributed by atoms with Crippen LogP contribution in [0.5, 0.6) is 0 Å². The molecule has 0 aromatic heterocycles. The molecule has 2 N–H and O–H groups in total. The minimum absolute atomic E-state index is 0.0406. The molecule has 3 rings (SSSR count). The number of carbonyl (C=O) groups excluding carboxylic acids is 2. The summed E-state index contributed by atoms with van der Waals surface area (Å²) in [6, 6.07) is 6.83. The van der Waals surface area contributed by atoms with Gasteiger partial charge in [-0.05, 0) is 43.7 Å². The van der Waals surface area contributed by atoms with Crippen molar-refractivity contribution in [2.75, 3.05) is 19.6 Å². The van der Waals surface area contributed by atoms with E-state index >= 15 is 0 Å². The molecule has 1 aliphatic heterocycles. The van der Waals surface area contributed by atoms with Gasteiger partial charge in [0.15, 0.2) is 0 Å². The zero-order chi connectivity index (χ0) is 17.8. The van der Waals surface area contributed by atoms with E-state index in [1.165, 1.54) is 0 Å². The summed E-state index contributed by atoms with van der Waals surface area (Å²) in [5.74, 6) is -0.766. The van der Waals surface area contributed by atoms with Crippen molar-refractivity contribution in [2.24, 2.45) is 11.8 Å². The Morgan fingerprint density at radius 3 is 2.60 bits per heavy atom. The van der Waals surface area contributed by atoms with Crippen LogP contribution in [0.3, 0.4) is 0 Å².